The lowest BCUT2D eigenvalue weighted by Gasteiger charge is -2.13. The number of fused-ring (bicyclic) bond motifs is 1. The smallest absolute Gasteiger partial charge is 0.161 e. The molecule has 5 heteroatoms. The summed E-state index contributed by atoms with van der Waals surface area (Å²) in [5, 5.41) is 0. The molecular weight excluding hydrogens is 338 g/mol. The molecule has 3 nitrogen and oxygen atoms in total. The van der Waals surface area contributed by atoms with Crippen LogP contribution in [-0.4, -0.2) is 13.2 Å². The molecule has 3 rings (SSSR count). The molecule has 0 radical (unpaired) electrons. The molecule has 2 heterocycles. The Hall–Kier alpha value is -1.04. The van der Waals surface area contributed by atoms with Gasteiger partial charge in [-0.05, 0) is 45.8 Å². The summed E-state index contributed by atoms with van der Waals surface area (Å²) in [5.74, 6) is 1.99. The lowest BCUT2D eigenvalue weighted by atomic mass is 10.1. The van der Waals surface area contributed by atoms with Gasteiger partial charge in [-0.15, -0.1) is 11.3 Å². The van der Waals surface area contributed by atoms with Gasteiger partial charge in [0.15, 0.2) is 11.5 Å². The third-order valence-corrected chi connectivity index (χ3v) is 4.98. The molecular formula is C15H16BrNO2S. The van der Waals surface area contributed by atoms with Gasteiger partial charge in [0.2, 0.25) is 0 Å². The molecule has 20 heavy (non-hydrogen) atoms. The number of thiophene rings is 1. The van der Waals surface area contributed by atoms with Crippen molar-refractivity contribution >= 4 is 27.3 Å². The van der Waals surface area contributed by atoms with E-state index in [-0.39, 0.29) is 6.04 Å². The third kappa shape index (κ3) is 2.85. The van der Waals surface area contributed by atoms with Crippen molar-refractivity contribution in [2.75, 3.05) is 13.2 Å². The predicted molar refractivity (Wildman–Crippen MR) is 84.6 cm³/mol. The predicted octanol–water partition coefficient (Wildman–Crippen LogP) is 3.97. The highest BCUT2D eigenvalue weighted by atomic mass is 79.9. The maximum atomic E-state index is 6.32. The first-order valence-electron chi connectivity index (χ1n) is 6.54. The molecule has 2 N–H and O–H groups in total. The van der Waals surface area contributed by atoms with Gasteiger partial charge in [-0.3, -0.25) is 0 Å². The molecule has 0 spiro atoms. The fraction of sp³-hybridized carbons (Fsp3) is 0.333. The van der Waals surface area contributed by atoms with Crippen LogP contribution in [0.15, 0.2) is 34.1 Å². The van der Waals surface area contributed by atoms with E-state index in [1.807, 2.05) is 30.3 Å². The van der Waals surface area contributed by atoms with Crippen LogP contribution in [0.1, 0.15) is 23.4 Å². The van der Waals surface area contributed by atoms with E-state index in [4.69, 9.17) is 15.2 Å². The maximum absolute atomic E-state index is 6.32. The molecule has 1 aromatic heterocycles. The highest BCUT2D eigenvalue weighted by Gasteiger charge is 2.18. The van der Waals surface area contributed by atoms with Crippen molar-refractivity contribution in [3.63, 3.8) is 0 Å². The second-order valence-electron chi connectivity index (χ2n) is 5.05. The zero-order valence-electron chi connectivity index (χ0n) is 11.1. The Morgan fingerprint density at radius 2 is 1.95 bits per heavy atom. The van der Waals surface area contributed by atoms with Crippen LogP contribution in [0.25, 0.3) is 0 Å². The average Bonchev–Trinajstić information content (AvgIpc) is 2.80. The number of nitrogens with two attached hydrogens (primary N) is 1. The molecule has 106 valence electrons. The summed E-state index contributed by atoms with van der Waals surface area (Å²) in [6.07, 6.45) is 0. The van der Waals surface area contributed by atoms with Gasteiger partial charge in [0.1, 0.15) is 0 Å². The van der Waals surface area contributed by atoms with E-state index >= 15 is 0 Å². The molecule has 2 atom stereocenters. The van der Waals surface area contributed by atoms with E-state index in [0.717, 1.165) is 25.7 Å². The maximum Gasteiger partial charge on any atom is 0.161 e. The van der Waals surface area contributed by atoms with Gasteiger partial charge < -0.3 is 15.2 Å². The first-order valence-corrected chi connectivity index (χ1v) is 8.15. The van der Waals surface area contributed by atoms with Gasteiger partial charge in [-0.2, -0.15) is 0 Å². The number of rotatable bonds is 2. The molecule has 1 aliphatic heterocycles. The van der Waals surface area contributed by atoms with Crippen LogP contribution in [0.4, 0.5) is 0 Å². The van der Waals surface area contributed by atoms with Crippen molar-refractivity contribution in [2.24, 2.45) is 11.7 Å². The van der Waals surface area contributed by atoms with Crippen molar-refractivity contribution < 1.29 is 9.47 Å². The van der Waals surface area contributed by atoms with Crippen molar-refractivity contribution in [1.29, 1.82) is 0 Å². The zero-order valence-corrected chi connectivity index (χ0v) is 13.5. The summed E-state index contributed by atoms with van der Waals surface area (Å²) in [6, 6.07) is 9.88. The van der Waals surface area contributed by atoms with Crippen LogP contribution in [0.3, 0.4) is 0 Å². The fourth-order valence-corrected chi connectivity index (χ4v) is 3.58. The average molecular weight is 354 g/mol. The number of benzene rings is 1. The lowest BCUT2D eigenvalue weighted by molar-refractivity contribution is 0.228. The Labute approximate surface area is 130 Å². The summed E-state index contributed by atoms with van der Waals surface area (Å²) < 4.78 is 12.6. The minimum Gasteiger partial charge on any atom is -0.489 e. The Bertz CT molecular complexity index is 614. The number of hydrogen-bond acceptors (Lipinski definition) is 4. The van der Waals surface area contributed by atoms with E-state index in [1.54, 1.807) is 11.3 Å². The number of ether oxygens (including phenoxy) is 2. The van der Waals surface area contributed by atoms with E-state index < -0.39 is 0 Å². The Kier molecular flexibility index (Phi) is 4.01. The summed E-state index contributed by atoms with van der Waals surface area (Å²) in [5.41, 5.74) is 7.36. The van der Waals surface area contributed by atoms with Gasteiger partial charge in [0.25, 0.3) is 0 Å². The van der Waals surface area contributed by atoms with E-state index in [1.165, 1.54) is 0 Å². The van der Waals surface area contributed by atoms with E-state index in [0.29, 0.717) is 19.1 Å². The summed E-state index contributed by atoms with van der Waals surface area (Å²) in [4.78, 5) is 1.12. The van der Waals surface area contributed by atoms with Crippen LogP contribution in [-0.2, 0) is 0 Å². The van der Waals surface area contributed by atoms with Crippen LogP contribution in [0, 0.1) is 5.92 Å². The fourth-order valence-electron chi connectivity index (χ4n) is 2.12. The Morgan fingerprint density at radius 1 is 1.20 bits per heavy atom. The van der Waals surface area contributed by atoms with Crippen molar-refractivity contribution in [3.8, 4) is 11.5 Å². The molecule has 0 amide bonds. The molecule has 0 fully saturated rings. The first kappa shape index (κ1) is 13.9. The number of hydrogen-bond donors (Lipinski definition) is 1. The standard InChI is InChI=1S/C15H16BrNO2S/c1-9-7-18-11-3-2-10(6-12(11)19-8-9)15(17)13-4-5-14(16)20-13/h2-6,9,15H,7-8,17H2,1H3. The quantitative estimate of drug-likeness (QED) is 0.888. The summed E-state index contributed by atoms with van der Waals surface area (Å²) >= 11 is 5.12. The first-order chi connectivity index (χ1) is 9.63. The van der Waals surface area contributed by atoms with Gasteiger partial charge in [-0.1, -0.05) is 13.0 Å². The van der Waals surface area contributed by atoms with Crippen LogP contribution in [0.2, 0.25) is 0 Å². The highest BCUT2D eigenvalue weighted by Crippen LogP contribution is 2.36. The van der Waals surface area contributed by atoms with E-state index in [2.05, 4.69) is 22.9 Å². The molecule has 0 saturated carbocycles. The van der Waals surface area contributed by atoms with Gasteiger partial charge >= 0.3 is 0 Å². The highest BCUT2D eigenvalue weighted by molar-refractivity contribution is 9.11. The second kappa shape index (κ2) is 5.76. The minimum absolute atomic E-state index is 0.138. The van der Waals surface area contributed by atoms with Gasteiger partial charge in [0, 0.05) is 10.8 Å². The summed E-state index contributed by atoms with van der Waals surface area (Å²) in [7, 11) is 0. The van der Waals surface area contributed by atoms with Crippen molar-refractivity contribution in [1.82, 2.24) is 0 Å². The topological polar surface area (TPSA) is 44.5 Å². The third-order valence-electron chi connectivity index (χ3n) is 3.27. The van der Waals surface area contributed by atoms with Crippen LogP contribution in [0.5, 0.6) is 11.5 Å². The van der Waals surface area contributed by atoms with Crippen LogP contribution >= 0.6 is 27.3 Å². The SMILES string of the molecule is CC1COc2ccc(C(N)c3ccc(Br)s3)cc2OC1. The van der Waals surface area contributed by atoms with Crippen molar-refractivity contribution in [2.45, 2.75) is 13.0 Å². The monoisotopic (exact) mass is 353 g/mol. The van der Waals surface area contributed by atoms with Crippen molar-refractivity contribution in [3.05, 3.63) is 44.6 Å². The molecule has 1 aromatic carbocycles. The minimum atomic E-state index is -0.138. The van der Waals surface area contributed by atoms with Gasteiger partial charge in [-0.25, -0.2) is 0 Å². The molecule has 2 aromatic rings. The molecule has 0 aliphatic carbocycles. The lowest BCUT2D eigenvalue weighted by Crippen LogP contribution is -2.12. The van der Waals surface area contributed by atoms with Gasteiger partial charge in [0.05, 0.1) is 23.0 Å². The number of halogens is 1. The normalized spacial score (nSPS) is 19.4. The Balaban J connectivity index is 1.88. The molecule has 2 unspecified atom stereocenters. The largest absolute Gasteiger partial charge is 0.489 e. The molecule has 1 aliphatic rings. The summed E-state index contributed by atoms with van der Waals surface area (Å²) in [6.45, 7) is 3.48. The second-order valence-corrected chi connectivity index (χ2v) is 7.55. The molecule has 0 saturated heterocycles. The zero-order chi connectivity index (χ0) is 14.1. The Morgan fingerprint density at radius 3 is 2.65 bits per heavy atom. The van der Waals surface area contributed by atoms with E-state index in [9.17, 15) is 0 Å². The van der Waals surface area contributed by atoms with Crippen LogP contribution < -0.4 is 15.2 Å². The molecule has 0 bridgehead atoms.